The molecule has 2 fully saturated rings. The molecule has 0 amide bonds. The van der Waals surface area contributed by atoms with Gasteiger partial charge in [0.25, 0.3) is 0 Å². The molecule has 1 saturated heterocycles. The number of hydrogen-bond acceptors (Lipinski definition) is 2. The Balaban J connectivity index is 0.00000111. The van der Waals surface area contributed by atoms with E-state index in [1.54, 1.807) is 0 Å². The van der Waals surface area contributed by atoms with Crippen molar-refractivity contribution in [3.05, 3.63) is 65.0 Å². The maximum absolute atomic E-state index is 5.77. The molecule has 3 aromatic rings. The SMILES string of the molecule is CC.CCCc1cc(-c2ccc3c(C4CCOC[C@@H]4C)nc(C4CCCC4)cc3c2)ccc1C.[HH]. The van der Waals surface area contributed by atoms with E-state index in [0.717, 1.165) is 26.1 Å². The van der Waals surface area contributed by atoms with Gasteiger partial charge in [0.15, 0.2) is 0 Å². The monoisotopic (exact) mass is 459 g/mol. The van der Waals surface area contributed by atoms with Crippen LogP contribution in [-0.4, -0.2) is 18.2 Å². The molecule has 1 aromatic heterocycles. The van der Waals surface area contributed by atoms with Crippen molar-refractivity contribution in [1.82, 2.24) is 4.98 Å². The molecule has 5 rings (SSSR count). The first kappa shape index (κ1) is 24.9. The van der Waals surface area contributed by atoms with E-state index >= 15 is 0 Å². The van der Waals surface area contributed by atoms with Gasteiger partial charge < -0.3 is 4.74 Å². The molecule has 0 N–H and O–H groups in total. The van der Waals surface area contributed by atoms with Gasteiger partial charge in [-0.05, 0) is 78.3 Å². The molecular weight excluding hydrogens is 414 g/mol. The normalized spacial score (nSPS) is 20.9. The van der Waals surface area contributed by atoms with Gasteiger partial charge in [-0.15, -0.1) is 0 Å². The Bertz CT molecular complexity index is 1100. The van der Waals surface area contributed by atoms with Gasteiger partial charge in [0.1, 0.15) is 0 Å². The van der Waals surface area contributed by atoms with E-state index in [9.17, 15) is 0 Å². The van der Waals surface area contributed by atoms with Crippen LogP contribution in [-0.2, 0) is 11.2 Å². The lowest BCUT2D eigenvalue weighted by molar-refractivity contribution is 0.0466. The first-order chi connectivity index (χ1) is 16.6. The molecule has 34 heavy (non-hydrogen) atoms. The predicted molar refractivity (Wildman–Crippen MR) is 148 cm³/mol. The van der Waals surface area contributed by atoms with E-state index < -0.39 is 0 Å². The van der Waals surface area contributed by atoms with Gasteiger partial charge in [-0.25, -0.2) is 0 Å². The lowest BCUT2D eigenvalue weighted by Crippen LogP contribution is -2.25. The second kappa shape index (κ2) is 11.5. The van der Waals surface area contributed by atoms with Gasteiger partial charge in [0, 0.05) is 37.6 Å². The van der Waals surface area contributed by atoms with Crippen LogP contribution in [0.1, 0.15) is 102 Å². The van der Waals surface area contributed by atoms with Gasteiger partial charge in [0.2, 0.25) is 0 Å². The highest BCUT2D eigenvalue weighted by molar-refractivity contribution is 5.90. The number of nitrogens with zero attached hydrogens (tertiary/aromatic N) is 1. The van der Waals surface area contributed by atoms with Crippen molar-refractivity contribution in [3.63, 3.8) is 0 Å². The second-order valence-corrected chi connectivity index (χ2v) is 10.2. The molecule has 2 heterocycles. The van der Waals surface area contributed by atoms with E-state index in [0.29, 0.717) is 17.8 Å². The number of ether oxygens (including phenoxy) is 1. The van der Waals surface area contributed by atoms with Gasteiger partial charge in [0.05, 0.1) is 5.69 Å². The zero-order valence-electron chi connectivity index (χ0n) is 22.0. The molecule has 0 radical (unpaired) electrons. The smallest absolute Gasteiger partial charge is 0.0520 e. The summed E-state index contributed by atoms with van der Waals surface area (Å²) in [6.45, 7) is 12.5. The highest BCUT2D eigenvalue weighted by atomic mass is 16.5. The average molecular weight is 460 g/mol. The van der Waals surface area contributed by atoms with Crippen molar-refractivity contribution >= 4 is 10.8 Å². The summed E-state index contributed by atoms with van der Waals surface area (Å²) in [4.78, 5) is 5.35. The lowest BCUT2D eigenvalue weighted by atomic mass is 9.83. The fourth-order valence-electron chi connectivity index (χ4n) is 5.88. The largest absolute Gasteiger partial charge is 0.381 e. The van der Waals surface area contributed by atoms with Crippen LogP contribution in [0, 0.1) is 12.8 Å². The van der Waals surface area contributed by atoms with Crippen LogP contribution in [0.4, 0.5) is 0 Å². The summed E-state index contributed by atoms with van der Waals surface area (Å²) in [7, 11) is 0. The van der Waals surface area contributed by atoms with Crippen molar-refractivity contribution in [2.24, 2.45) is 5.92 Å². The van der Waals surface area contributed by atoms with Crippen LogP contribution in [0.2, 0.25) is 0 Å². The molecule has 2 atom stereocenters. The summed E-state index contributed by atoms with van der Waals surface area (Å²) in [5.74, 6) is 1.65. The van der Waals surface area contributed by atoms with Crippen LogP contribution in [0.5, 0.6) is 0 Å². The molecule has 1 aliphatic carbocycles. The summed E-state index contributed by atoms with van der Waals surface area (Å²) < 4.78 is 5.77. The van der Waals surface area contributed by atoms with Crippen LogP contribution in [0.3, 0.4) is 0 Å². The topological polar surface area (TPSA) is 22.1 Å². The van der Waals surface area contributed by atoms with Gasteiger partial charge in [-0.3, -0.25) is 4.98 Å². The van der Waals surface area contributed by atoms with Gasteiger partial charge >= 0.3 is 0 Å². The van der Waals surface area contributed by atoms with Crippen molar-refractivity contribution < 1.29 is 6.16 Å². The van der Waals surface area contributed by atoms with E-state index in [2.05, 4.69) is 63.2 Å². The molecule has 1 aliphatic heterocycles. The lowest BCUT2D eigenvalue weighted by Gasteiger charge is -2.30. The Morgan fingerprint density at radius 1 is 0.971 bits per heavy atom. The van der Waals surface area contributed by atoms with Crippen LogP contribution in [0.15, 0.2) is 42.5 Å². The fraction of sp³-hybridized carbons (Fsp3) is 0.531. The third kappa shape index (κ3) is 5.23. The maximum atomic E-state index is 5.77. The molecular formula is C32H45NO. The minimum atomic E-state index is 0. The number of pyridine rings is 1. The molecule has 0 bridgehead atoms. The number of fused-ring (bicyclic) bond motifs is 1. The highest BCUT2D eigenvalue weighted by Crippen LogP contribution is 2.40. The van der Waals surface area contributed by atoms with E-state index in [-0.39, 0.29) is 1.43 Å². The maximum Gasteiger partial charge on any atom is 0.0520 e. The zero-order chi connectivity index (χ0) is 24.1. The summed E-state index contributed by atoms with van der Waals surface area (Å²) in [5, 5.41) is 2.71. The number of benzene rings is 2. The molecule has 1 saturated carbocycles. The van der Waals surface area contributed by atoms with Crippen molar-refractivity contribution in [1.29, 1.82) is 0 Å². The van der Waals surface area contributed by atoms with Crippen LogP contribution in [0.25, 0.3) is 21.9 Å². The standard InChI is InChI=1S/C30H37NO.C2H6.H2/c1-4-7-23-16-24(11-10-20(23)2)25-12-13-28-26(17-25)18-29(22-8-5-6-9-22)31-30(28)27-14-15-32-19-21(27)3;1-2;/h10-13,16-18,21-22,27H,4-9,14-15,19H2,1-3H3;1-2H3;1H/t21-,27?;;/m0../s1. The van der Waals surface area contributed by atoms with Crippen molar-refractivity contribution in [2.75, 3.05) is 13.2 Å². The predicted octanol–water partition coefficient (Wildman–Crippen LogP) is 9.23. The number of aromatic nitrogens is 1. The van der Waals surface area contributed by atoms with E-state index in [4.69, 9.17) is 9.72 Å². The quantitative estimate of drug-likeness (QED) is 0.379. The summed E-state index contributed by atoms with van der Waals surface area (Å²) in [5.41, 5.74) is 8.19. The van der Waals surface area contributed by atoms with E-state index in [1.807, 2.05) is 13.8 Å². The summed E-state index contributed by atoms with van der Waals surface area (Å²) in [6.07, 6.45) is 8.68. The minimum absolute atomic E-state index is 0. The Labute approximate surface area is 208 Å². The first-order valence-electron chi connectivity index (χ1n) is 13.8. The molecule has 2 nitrogen and oxygen atoms in total. The first-order valence-corrected chi connectivity index (χ1v) is 13.8. The van der Waals surface area contributed by atoms with Crippen molar-refractivity contribution in [2.45, 2.75) is 91.4 Å². The molecule has 2 aliphatic rings. The Hall–Kier alpha value is -2.19. The number of rotatable bonds is 5. The minimum Gasteiger partial charge on any atom is -0.381 e. The molecule has 2 aromatic carbocycles. The van der Waals surface area contributed by atoms with Gasteiger partial charge in [-0.1, -0.05) is 77.3 Å². The molecule has 0 spiro atoms. The molecule has 184 valence electrons. The zero-order valence-corrected chi connectivity index (χ0v) is 22.0. The third-order valence-corrected chi connectivity index (χ3v) is 7.85. The number of aryl methyl sites for hydroxylation is 2. The highest BCUT2D eigenvalue weighted by Gasteiger charge is 2.28. The summed E-state index contributed by atoms with van der Waals surface area (Å²) >= 11 is 0. The fourth-order valence-corrected chi connectivity index (χ4v) is 5.88. The third-order valence-electron chi connectivity index (χ3n) is 7.85. The Morgan fingerprint density at radius 2 is 1.71 bits per heavy atom. The summed E-state index contributed by atoms with van der Waals surface area (Å²) in [6, 6.07) is 16.5. The Morgan fingerprint density at radius 3 is 2.44 bits per heavy atom. The van der Waals surface area contributed by atoms with Crippen LogP contribution >= 0.6 is 0 Å². The number of hydrogen-bond donors (Lipinski definition) is 0. The molecule has 2 heteroatoms. The average Bonchev–Trinajstić information content (AvgIpc) is 3.41. The van der Waals surface area contributed by atoms with Crippen molar-refractivity contribution in [3.8, 4) is 11.1 Å². The van der Waals surface area contributed by atoms with Gasteiger partial charge in [-0.2, -0.15) is 0 Å². The second-order valence-electron chi connectivity index (χ2n) is 10.2. The van der Waals surface area contributed by atoms with Crippen LogP contribution < -0.4 is 0 Å². The van der Waals surface area contributed by atoms with E-state index in [1.165, 1.54) is 76.5 Å². The molecule has 1 unspecified atom stereocenters. The Kier molecular flexibility index (Phi) is 8.42.